The largest absolute Gasteiger partial charge is 0.416 e. The molecule has 11 heteroatoms. The average Bonchev–Trinajstić information content (AvgIpc) is 3.34. The van der Waals surface area contributed by atoms with Crippen LogP contribution in [0.25, 0.3) is 11.1 Å². The van der Waals surface area contributed by atoms with E-state index in [1.165, 1.54) is 23.0 Å². The number of aryl methyl sites for hydroxylation is 1. The normalized spacial score (nSPS) is 11.4. The van der Waals surface area contributed by atoms with Gasteiger partial charge in [-0.1, -0.05) is 30.3 Å². The van der Waals surface area contributed by atoms with Crippen LogP contribution in [0.4, 0.5) is 29.5 Å². The van der Waals surface area contributed by atoms with Crippen LogP contribution in [-0.4, -0.2) is 21.1 Å². The van der Waals surface area contributed by atoms with Gasteiger partial charge in [-0.2, -0.15) is 18.3 Å². The predicted molar refractivity (Wildman–Crippen MR) is 113 cm³/mol. The van der Waals surface area contributed by atoms with Gasteiger partial charge in [-0.25, -0.2) is 4.79 Å². The predicted octanol–water partition coefficient (Wildman–Crippen LogP) is 4.38. The highest BCUT2D eigenvalue weighted by atomic mass is 19.4. The highest BCUT2D eigenvalue weighted by molar-refractivity contribution is 5.98. The Morgan fingerprint density at radius 3 is 2.58 bits per heavy atom. The molecule has 0 bridgehead atoms. The van der Waals surface area contributed by atoms with Crippen LogP contribution in [0.15, 0.2) is 65.4 Å². The van der Waals surface area contributed by atoms with E-state index >= 15 is 0 Å². The Morgan fingerprint density at radius 1 is 1.15 bits per heavy atom. The summed E-state index contributed by atoms with van der Waals surface area (Å²) in [6, 6.07) is 11.5. The number of alkyl halides is 3. The van der Waals surface area contributed by atoms with Crippen LogP contribution in [0.1, 0.15) is 16.8 Å². The molecule has 170 valence electrons. The summed E-state index contributed by atoms with van der Waals surface area (Å²) >= 11 is 0. The van der Waals surface area contributed by atoms with Crippen molar-refractivity contribution in [3.63, 3.8) is 0 Å². The van der Waals surface area contributed by atoms with Gasteiger partial charge in [0.25, 0.3) is 6.20 Å². The van der Waals surface area contributed by atoms with Crippen LogP contribution in [0.3, 0.4) is 0 Å². The SMILES string of the molecule is Cc1c(-c2ccc(C[n+]3cc(NC(=O)Nc4cccc(C(F)(F)F)c4)on3)cc2)cnn1C. The molecule has 2 heterocycles. The number of aromatic nitrogens is 4. The van der Waals surface area contributed by atoms with E-state index < -0.39 is 17.8 Å². The van der Waals surface area contributed by atoms with Gasteiger partial charge in [-0.15, -0.1) is 0 Å². The molecule has 0 aliphatic carbocycles. The Hall–Kier alpha value is -4.15. The zero-order valence-electron chi connectivity index (χ0n) is 17.7. The monoisotopic (exact) mass is 457 g/mol. The lowest BCUT2D eigenvalue weighted by Crippen LogP contribution is -2.35. The summed E-state index contributed by atoms with van der Waals surface area (Å²) < 4.78 is 46.8. The lowest BCUT2D eigenvalue weighted by molar-refractivity contribution is -0.754. The quantitative estimate of drug-likeness (QED) is 0.436. The van der Waals surface area contributed by atoms with E-state index in [9.17, 15) is 18.0 Å². The van der Waals surface area contributed by atoms with Crippen molar-refractivity contribution in [3.8, 4) is 11.1 Å². The molecule has 0 fully saturated rings. The molecule has 2 aromatic heterocycles. The smallest absolute Gasteiger partial charge is 0.308 e. The fourth-order valence-corrected chi connectivity index (χ4v) is 3.21. The van der Waals surface area contributed by atoms with Crippen molar-refractivity contribution in [1.29, 1.82) is 0 Å². The Kier molecular flexibility index (Phi) is 5.86. The molecule has 2 aromatic carbocycles. The Balaban J connectivity index is 1.36. The van der Waals surface area contributed by atoms with Crippen LogP contribution >= 0.6 is 0 Å². The summed E-state index contributed by atoms with van der Waals surface area (Å²) in [6.07, 6.45) is -1.20. The minimum atomic E-state index is -4.50. The summed E-state index contributed by atoms with van der Waals surface area (Å²) in [5.41, 5.74) is 3.26. The summed E-state index contributed by atoms with van der Waals surface area (Å²) in [6.45, 7) is 2.39. The summed E-state index contributed by atoms with van der Waals surface area (Å²) in [5, 5.41) is 12.8. The second kappa shape index (κ2) is 8.77. The first-order valence-electron chi connectivity index (χ1n) is 9.88. The number of amides is 2. The van der Waals surface area contributed by atoms with Crippen molar-refractivity contribution in [3.05, 3.63) is 77.7 Å². The lowest BCUT2D eigenvalue weighted by Gasteiger charge is -2.09. The molecular weight excluding hydrogens is 437 g/mol. The van der Waals surface area contributed by atoms with Gasteiger partial charge in [0.15, 0.2) is 0 Å². The molecule has 4 aromatic rings. The van der Waals surface area contributed by atoms with Crippen molar-refractivity contribution < 1.29 is 27.2 Å². The third-order valence-electron chi connectivity index (χ3n) is 5.04. The second-order valence-electron chi connectivity index (χ2n) is 7.39. The van der Waals surface area contributed by atoms with E-state index in [2.05, 4.69) is 21.0 Å². The number of rotatable bonds is 5. The molecule has 0 aliphatic rings. The van der Waals surface area contributed by atoms with Crippen LogP contribution in [0.5, 0.6) is 0 Å². The topological polar surface area (TPSA) is 88.9 Å². The molecule has 2 amide bonds. The summed E-state index contributed by atoms with van der Waals surface area (Å²) in [4.78, 5) is 12.1. The van der Waals surface area contributed by atoms with Crippen molar-refractivity contribution in [2.75, 3.05) is 10.6 Å². The van der Waals surface area contributed by atoms with Crippen molar-refractivity contribution >= 4 is 17.6 Å². The Morgan fingerprint density at radius 2 is 1.91 bits per heavy atom. The van der Waals surface area contributed by atoms with Gasteiger partial charge in [0.2, 0.25) is 11.8 Å². The third-order valence-corrected chi connectivity index (χ3v) is 5.04. The third kappa shape index (κ3) is 5.20. The molecule has 4 rings (SSSR count). The van der Waals surface area contributed by atoms with E-state index in [1.807, 2.05) is 49.1 Å². The number of nitrogens with one attached hydrogen (secondary N) is 2. The van der Waals surface area contributed by atoms with Gasteiger partial charge in [-0.05, 0) is 35.4 Å². The number of carbonyl (C=O) groups is 1. The zero-order valence-corrected chi connectivity index (χ0v) is 17.7. The number of carbonyl (C=O) groups excluding carboxylic acids is 1. The van der Waals surface area contributed by atoms with E-state index in [1.54, 1.807) is 0 Å². The summed E-state index contributed by atoms with van der Waals surface area (Å²) in [5.74, 6) is 0.0436. The summed E-state index contributed by atoms with van der Waals surface area (Å²) in [7, 11) is 1.89. The number of hydrogen-bond acceptors (Lipinski definition) is 4. The van der Waals surface area contributed by atoms with E-state index in [4.69, 9.17) is 4.52 Å². The highest BCUT2D eigenvalue weighted by Gasteiger charge is 2.30. The molecule has 2 N–H and O–H groups in total. The van der Waals surface area contributed by atoms with Crippen LogP contribution in [0, 0.1) is 6.92 Å². The van der Waals surface area contributed by atoms with Crippen molar-refractivity contribution in [2.45, 2.75) is 19.6 Å². The Labute approximate surface area is 186 Å². The maximum Gasteiger partial charge on any atom is 0.416 e. The van der Waals surface area contributed by atoms with Crippen LogP contribution in [-0.2, 0) is 19.8 Å². The minimum absolute atomic E-state index is 0.00124. The molecular formula is C22H20F3N6O2+. The number of halogens is 3. The fourth-order valence-electron chi connectivity index (χ4n) is 3.21. The highest BCUT2D eigenvalue weighted by Crippen LogP contribution is 2.30. The van der Waals surface area contributed by atoms with Gasteiger partial charge < -0.3 is 5.32 Å². The molecule has 0 aliphatic heterocycles. The molecule has 33 heavy (non-hydrogen) atoms. The van der Waals surface area contributed by atoms with Crippen LogP contribution < -0.4 is 15.3 Å². The molecule has 0 saturated carbocycles. The first-order chi connectivity index (χ1) is 15.7. The molecule has 0 radical (unpaired) electrons. The lowest BCUT2D eigenvalue weighted by atomic mass is 10.0. The fraction of sp³-hybridized carbons (Fsp3) is 0.182. The maximum atomic E-state index is 12.8. The maximum absolute atomic E-state index is 12.8. The minimum Gasteiger partial charge on any atom is -0.308 e. The van der Waals surface area contributed by atoms with Crippen LogP contribution in [0.2, 0.25) is 0 Å². The first-order valence-corrected chi connectivity index (χ1v) is 9.88. The average molecular weight is 457 g/mol. The molecule has 0 saturated heterocycles. The van der Waals surface area contributed by atoms with Crippen molar-refractivity contribution in [1.82, 2.24) is 15.1 Å². The van der Waals surface area contributed by atoms with Gasteiger partial charge in [0, 0.05) is 29.6 Å². The van der Waals surface area contributed by atoms with Gasteiger partial charge in [0.05, 0.1) is 11.8 Å². The number of urea groups is 1. The molecule has 0 unspecified atom stereocenters. The number of nitrogens with zero attached hydrogens (tertiary/aromatic N) is 4. The van der Waals surface area contributed by atoms with Crippen molar-refractivity contribution in [2.24, 2.45) is 7.05 Å². The van der Waals surface area contributed by atoms with E-state index in [0.29, 0.717) is 6.54 Å². The second-order valence-corrected chi connectivity index (χ2v) is 7.39. The molecule has 8 nitrogen and oxygen atoms in total. The molecule has 0 spiro atoms. The number of anilines is 2. The molecule has 0 atom stereocenters. The van der Waals surface area contributed by atoms with Gasteiger partial charge in [-0.3, -0.25) is 14.5 Å². The van der Waals surface area contributed by atoms with Gasteiger partial charge >= 0.3 is 18.1 Å². The zero-order chi connectivity index (χ0) is 23.6. The van der Waals surface area contributed by atoms with E-state index in [-0.39, 0.29) is 11.6 Å². The number of benzene rings is 2. The van der Waals surface area contributed by atoms with E-state index in [0.717, 1.165) is 34.5 Å². The Bertz CT molecular complexity index is 1280. The number of hydrogen-bond donors (Lipinski definition) is 2. The first kappa shape index (κ1) is 22.1. The standard InChI is InChI=1S/C22H19F3N6O2/c1-14-19(11-26-30(14)2)16-8-6-15(7-9-16)12-31-13-20(33-29-31)28-21(32)27-18-5-3-4-17(10-18)22(23,24)25/h3-11,13H,12H2,1-2H3,(H-,27,28,29,32)/p+1. The van der Waals surface area contributed by atoms with Gasteiger partial charge in [0.1, 0.15) is 0 Å².